The highest BCUT2D eigenvalue weighted by Gasteiger charge is 2.31. The lowest BCUT2D eigenvalue weighted by Crippen LogP contribution is -2.51. The lowest BCUT2D eigenvalue weighted by Gasteiger charge is -2.43. The summed E-state index contributed by atoms with van der Waals surface area (Å²) in [7, 11) is 0. The van der Waals surface area contributed by atoms with Crippen molar-refractivity contribution < 1.29 is 4.74 Å². The second-order valence-electron chi connectivity index (χ2n) is 5.33. The Bertz CT molecular complexity index is 455. The van der Waals surface area contributed by atoms with Crippen LogP contribution in [0.5, 0.6) is 0 Å². The smallest absolute Gasteiger partial charge is 0.0675 e. The molecule has 1 saturated heterocycles. The van der Waals surface area contributed by atoms with E-state index < -0.39 is 0 Å². The molecule has 3 unspecified atom stereocenters. The molecule has 3 atom stereocenters. The first-order valence-electron chi connectivity index (χ1n) is 7.09. The van der Waals surface area contributed by atoms with Crippen LogP contribution in [0.15, 0.2) is 27.1 Å². The van der Waals surface area contributed by atoms with Crippen LogP contribution in [-0.4, -0.2) is 36.7 Å². The average molecular weight is 406 g/mol. The van der Waals surface area contributed by atoms with Crippen LogP contribution in [0.25, 0.3) is 0 Å². The molecule has 112 valence electrons. The summed E-state index contributed by atoms with van der Waals surface area (Å²) in [6.07, 6.45) is 1.35. The summed E-state index contributed by atoms with van der Waals surface area (Å²) in [5, 5.41) is 0. The van der Waals surface area contributed by atoms with Gasteiger partial charge in [0.25, 0.3) is 0 Å². The van der Waals surface area contributed by atoms with Gasteiger partial charge in [-0.05, 0) is 62.9 Å². The highest BCUT2D eigenvalue weighted by atomic mass is 79.9. The van der Waals surface area contributed by atoms with Crippen molar-refractivity contribution in [3.8, 4) is 0 Å². The van der Waals surface area contributed by atoms with Crippen molar-refractivity contribution in [3.63, 3.8) is 0 Å². The van der Waals surface area contributed by atoms with Crippen molar-refractivity contribution in [3.05, 3.63) is 32.7 Å². The van der Waals surface area contributed by atoms with Crippen molar-refractivity contribution in [2.24, 2.45) is 5.73 Å². The molecule has 0 saturated carbocycles. The van der Waals surface area contributed by atoms with E-state index in [9.17, 15) is 0 Å². The Balaban J connectivity index is 2.26. The van der Waals surface area contributed by atoms with Crippen molar-refractivity contribution in [1.29, 1.82) is 0 Å². The quantitative estimate of drug-likeness (QED) is 0.829. The fourth-order valence-corrected chi connectivity index (χ4v) is 3.43. The van der Waals surface area contributed by atoms with Crippen LogP contribution < -0.4 is 5.73 Å². The van der Waals surface area contributed by atoms with Gasteiger partial charge in [-0.3, -0.25) is 4.90 Å². The number of hydrogen-bond acceptors (Lipinski definition) is 3. The summed E-state index contributed by atoms with van der Waals surface area (Å²) in [6, 6.07) is 7.08. The van der Waals surface area contributed by atoms with Crippen LogP contribution in [0.1, 0.15) is 31.9 Å². The number of nitrogens with two attached hydrogens (primary N) is 1. The molecule has 0 bridgehead atoms. The number of hydrogen-bond donors (Lipinski definition) is 1. The van der Waals surface area contributed by atoms with E-state index >= 15 is 0 Å². The summed E-state index contributed by atoms with van der Waals surface area (Å²) >= 11 is 7.10. The topological polar surface area (TPSA) is 38.5 Å². The van der Waals surface area contributed by atoms with Crippen LogP contribution in [-0.2, 0) is 4.74 Å². The standard InChI is InChI=1S/C15H22Br2N2O/c1-3-12-9-20-10(2)8-19(12)15(7-18)11-4-5-13(16)14(17)6-11/h4-6,10,12,15H,3,7-9,18H2,1-2H3. The van der Waals surface area contributed by atoms with Gasteiger partial charge >= 0.3 is 0 Å². The van der Waals surface area contributed by atoms with Crippen LogP contribution in [0.4, 0.5) is 0 Å². The van der Waals surface area contributed by atoms with Crippen molar-refractivity contribution in [2.75, 3.05) is 19.7 Å². The Morgan fingerprint density at radius 2 is 2.15 bits per heavy atom. The predicted molar refractivity (Wildman–Crippen MR) is 89.8 cm³/mol. The first kappa shape index (κ1) is 16.4. The number of halogens is 2. The Kier molecular flexibility index (Phi) is 6.05. The first-order valence-corrected chi connectivity index (χ1v) is 8.67. The van der Waals surface area contributed by atoms with Gasteiger partial charge < -0.3 is 10.5 Å². The van der Waals surface area contributed by atoms with E-state index in [1.807, 2.05) is 0 Å². The number of rotatable bonds is 4. The average Bonchev–Trinajstić information content (AvgIpc) is 2.44. The molecule has 1 heterocycles. The van der Waals surface area contributed by atoms with E-state index in [0.29, 0.717) is 12.6 Å². The van der Waals surface area contributed by atoms with Gasteiger partial charge in [-0.2, -0.15) is 0 Å². The number of ether oxygens (including phenoxy) is 1. The van der Waals surface area contributed by atoms with Gasteiger partial charge in [0, 0.05) is 34.1 Å². The van der Waals surface area contributed by atoms with E-state index in [-0.39, 0.29) is 12.1 Å². The molecule has 0 amide bonds. The van der Waals surface area contributed by atoms with Crippen LogP contribution in [0, 0.1) is 0 Å². The largest absolute Gasteiger partial charge is 0.376 e. The summed E-state index contributed by atoms with van der Waals surface area (Å²) in [6.45, 7) is 6.70. The molecule has 1 aromatic carbocycles. The van der Waals surface area contributed by atoms with Gasteiger partial charge in [-0.1, -0.05) is 13.0 Å². The first-order chi connectivity index (χ1) is 9.56. The van der Waals surface area contributed by atoms with Crippen LogP contribution in [0.3, 0.4) is 0 Å². The lowest BCUT2D eigenvalue weighted by atomic mass is 10.0. The molecule has 0 aromatic heterocycles. The third kappa shape index (κ3) is 3.63. The maximum absolute atomic E-state index is 6.08. The highest BCUT2D eigenvalue weighted by molar-refractivity contribution is 9.13. The Hall–Kier alpha value is 0.0600. The minimum atomic E-state index is 0.246. The summed E-state index contributed by atoms with van der Waals surface area (Å²) in [5.74, 6) is 0. The molecule has 1 aliphatic heterocycles. The predicted octanol–water partition coefficient (Wildman–Crippen LogP) is 3.71. The fourth-order valence-electron chi connectivity index (χ4n) is 2.79. The Morgan fingerprint density at radius 1 is 1.40 bits per heavy atom. The van der Waals surface area contributed by atoms with Crippen LogP contribution >= 0.6 is 31.9 Å². The fraction of sp³-hybridized carbons (Fsp3) is 0.600. The SMILES string of the molecule is CCC1COC(C)CN1C(CN)c1ccc(Br)c(Br)c1. The van der Waals surface area contributed by atoms with Gasteiger partial charge in [0.2, 0.25) is 0 Å². The second kappa shape index (κ2) is 7.36. The maximum atomic E-state index is 6.08. The zero-order chi connectivity index (χ0) is 14.7. The van der Waals surface area contributed by atoms with E-state index in [0.717, 1.165) is 28.5 Å². The molecule has 2 N–H and O–H groups in total. The monoisotopic (exact) mass is 404 g/mol. The minimum Gasteiger partial charge on any atom is -0.376 e. The third-order valence-corrected chi connectivity index (χ3v) is 5.81. The zero-order valence-corrected chi connectivity index (χ0v) is 15.2. The van der Waals surface area contributed by atoms with Crippen LogP contribution in [0.2, 0.25) is 0 Å². The molecule has 0 aliphatic carbocycles. The maximum Gasteiger partial charge on any atom is 0.0675 e. The van der Waals surface area contributed by atoms with Gasteiger partial charge in [0.1, 0.15) is 0 Å². The van der Waals surface area contributed by atoms with Crippen molar-refractivity contribution in [1.82, 2.24) is 4.90 Å². The highest BCUT2D eigenvalue weighted by Crippen LogP contribution is 2.31. The molecule has 0 radical (unpaired) electrons. The van der Waals surface area contributed by atoms with Gasteiger partial charge in [0.05, 0.1) is 12.7 Å². The summed E-state index contributed by atoms with van der Waals surface area (Å²) < 4.78 is 7.93. The van der Waals surface area contributed by atoms with E-state index in [1.165, 1.54) is 5.56 Å². The minimum absolute atomic E-state index is 0.246. The van der Waals surface area contributed by atoms with Gasteiger partial charge in [0.15, 0.2) is 0 Å². The molecule has 1 aliphatic rings. The van der Waals surface area contributed by atoms with E-state index in [4.69, 9.17) is 10.5 Å². The third-order valence-electron chi connectivity index (χ3n) is 3.93. The molecule has 20 heavy (non-hydrogen) atoms. The number of nitrogens with zero attached hydrogens (tertiary/aromatic N) is 1. The van der Waals surface area contributed by atoms with E-state index in [1.54, 1.807) is 0 Å². The molecular formula is C15H22Br2N2O. The normalized spacial score (nSPS) is 25.6. The number of benzene rings is 1. The molecule has 3 nitrogen and oxygen atoms in total. The number of morpholine rings is 1. The van der Waals surface area contributed by atoms with Gasteiger partial charge in [-0.15, -0.1) is 0 Å². The molecule has 1 aromatic rings. The van der Waals surface area contributed by atoms with Crippen molar-refractivity contribution in [2.45, 2.75) is 38.5 Å². The zero-order valence-electron chi connectivity index (χ0n) is 12.0. The molecule has 1 fully saturated rings. The molecular weight excluding hydrogens is 384 g/mol. The van der Waals surface area contributed by atoms with Crippen molar-refractivity contribution >= 4 is 31.9 Å². The second-order valence-corrected chi connectivity index (χ2v) is 7.04. The summed E-state index contributed by atoms with van der Waals surface area (Å²) in [4.78, 5) is 2.50. The van der Waals surface area contributed by atoms with Gasteiger partial charge in [-0.25, -0.2) is 0 Å². The molecule has 5 heteroatoms. The summed E-state index contributed by atoms with van der Waals surface area (Å²) in [5.41, 5.74) is 7.34. The lowest BCUT2D eigenvalue weighted by molar-refractivity contribution is -0.0719. The Labute approximate surface area is 138 Å². The van der Waals surface area contributed by atoms with E-state index in [2.05, 4.69) is 68.8 Å². The molecule has 2 rings (SSSR count). The molecule has 0 spiro atoms. The Morgan fingerprint density at radius 3 is 2.75 bits per heavy atom.